The minimum Gasteiger partial charge on any atom is -0.370 e. The van der Waals surface area contributed by atoms with Crippen molar-refractivity contribution in [2.75, 3.05) is 13.2 Å². The van der Waals surface area contributed by atoms with Gasteiger partial charge in [0.1, 0.15) is 6.10 Å². The zero-order valence-corrected chi connectivity index (χ0v) is 15.1. The SMILES string of the molecule is NC(N)=NCC1COC2(CCCCC2c2ccccc2)O1.O=S(=O)(O)O. The Morgan fingerprint density at radius 1 is 1.23 bits per heavy atom. The number of hydrogen-bond acceptors (Lipinski definition) is 5. The van der Waals surface area contributed by atoms with Gasteiger partial charge in [0.2, 0.25) is 0 Å². The molecule has 0 aromatic heterocycles. The number of nitrogens with zero attached hydrogens (tertiary/aromatic N) is 1. The molecule has 3 unspecified atom stereocenters. The van der Waals surface area contributed by atoms with Crippen molar-refractivity contribution in [3.8, 4) is 0 Å². The topological polar surface area (TPSA) is 157 Å². The van der Waals surface area contributed by atoms with E-state index in [1.807, 2.05) is 6.07 Å². The second-order valence-electron chi connectivity index (χ2n) is 6.29. The van der Waals surface area contributed by atoms with Crippen molar-refractivity contribution in [3.63, 3.8) is 0 Å². The van der Waals surface area contributed by atoms with Gasteiger partial charge in [0.15, 0.2) is 11.7 Å². The van der Waals surface area contributed by atoms with E-state index in [0.29, 0.717) is 13.2 Å². The summed E-state index contributed by atoms with van der Waals surface area (Å²) in [7, 11) is -4.67. The van der Waals surface area contributed by atoms with Crippen LogP contribution in [0.5, 0.6) is 0 Å². The predicted octanol–water partition coefficient (Wildman–Crippen LogP) is 1.08. The van der Waals surface area contributed by atoms with Crippen LogP contribution in [0, 0.1) is 0 Å². The fourth-order valence-electron chi connectivity index (χ4n) is 3.42. The molecule has 1 aromatic rings. The van der Waals surface area contributed by atoms with Gasteiger partial charge in [-0.1, -0.05) is 36.8 Å². The summed E-state index contributed by atoms with van der Waals surface area (Å²) in [6.07, 6.45) is 4.32. The molecule has 1 spiro atoms. The van der Waals surface area contributed by atoms with E-state index >= 15 is 0 Å². The largest absolute Gasteiger partial charge is 0.394 e. The highest BCUT2D eigenvalue weighted by molar-refractivity contribution is 7.79. The van der Waals surface area contributed by atoms with Crippen LogP contribution in [0.25, 0.3) is 0 Å². The second-order valence-corrected chi connectivity index (χ2v) is 7.18. The van der Waals surface area contributed by atoms with Crippen LogP contribution in [0.2, 0.25) is 0 Å². The molecule has 2 aliphatic rings. The lowest BCUT2D eigenvalue weighted by Crippen LogP contribution is -2.41. The van der Waals surface area contributed by atoms with Crippen molar-refractivity contribution in [2.45, 2.75) is 43.5 Å². The summed E-state index contributed by atoms with van der Waals surface area (Å²) in [5.74, 6) is -0.108. The molecule has 1 aromatic carbocycles. The van der Waals surface area contributed by atoms with Crippen LogP contribution >= 0.6 is 0 Å². The smallest absolute Gasteiger partial charge is 0.370 e. The van der Waals surface area contributed by atoms with Crippen LogP contribution in [0.3, 0.4) is 0 Å². The van der Waals surface area contributed by atoms with Gasteiger partial charge in [0.05, 0.1) is 13.2 Å². The Kier molecular flexibility index (Phi) is 6.95. The van der Waals surface area contributed by atoms with Gasteiger partial charge in [0, 0.05) is 12.3 Å². The number of ether oxygens (including phenoxy) is 2. The molecule has 1 saturated carbocycles. The first-order valence-corrected chi connectivity index (χ1v) is 9.71. The maximum atomic E-state index is 8.74. The summed E-state index contributed by atoms with van der Waals surface area (Å²) in [6.45, 7) is 1.02. The third-order valence-corrected chi connectivity index (χ3v) is 4.36. The fourth-order valence-corrected chi connectivity index (χ4v) is 3.42. The Morgan fingerprint density at radius 3 is 2.50 bits per heavy atom. The summed E-state index contributed by atoms with van der Waals surface area (Å²) in [5.41, 5.74) is 12.1. The van der Waals surface area contributed by atoms with Crippen LogP contribution < -0.4 is 11.5 Å². The lowest BCUT2D eigenvalue weighted by Gasteiger charge is -2.40. The average Bonchev–Trinajstić information content (AvgIpc) is 2.96. The molecule has 9 nitrogen and oxygen atoms in total. The van der Waals surface area contributed by atoms with E-state index in [-0.39, 0.29) is 18.0 Å². The average molecular weight is 387 g/mol. The zero-order chi connectivity index (χ0) is 19.2. The molecule has 0 radical (unpaired) electrons. The highest BCUT2D eigenvalue weighted by Crippen LogP contribution is 2.47. The van der Waals surface area contributed by atoms with Crippen molar-refractivity contribution >= 4 is 16.4 Å². The molecule has 10 heteroatoms. The Bertz CT molecular complexity index is 700. The molecule has 2 fully saturated rings. The maximum Gasteiger partial charge on any atom is 0.394 e. The number of rotatable bonds is 3. The number of aliphatic imine (C=N–C) groups is 1. The van der Waals surface area contributed by atoms with E-state index in [9.17, 15) is 0 Å². The van der Waals surface area contributed by atoms with Gasteiger partial charge >= 0.3 is 10.4 Å². The lowest BCUT2D eigenvalue weighted by molar-refractivity contribution is -0.199. The number of nitrogens with two attached hydrogens (primary N) is 2. The molecule has 26 heavy (non-hydrogen) atoms. The summed E-state index contributed by atoms with van der Waals surface area (Å²) >= 11 is 0. The first-order valence-electron chi connectivity index (χ1n) is 8.31. The number of benzene rings is 1. The van der Waals surface area contributed by atoms with Crippen molar-refractivity contribution in [2.24, 2.45) is 16.5 Å². The van der Waals surface area contributed by atoms with Crippen molar-refractivity contribution < 1.29 is 27.0 Å². The van der Waals surface area contributed by atoms with Crippen LogP contribution in [0.1, 0.15) is 37.2 Å². The van der Waals surface area contributed by atoms with Gasteiger partial charge in [-0.3, -0.25) is 14.1 Å². The highest BCUT2D eigenvalue weighted by Gasteiger charge is 2.49. The first kappa shape index (κ1) is 20.6. The summed E-state index contributed by atoms with van der Waals surface area (Å²) in [5, 5.41) is 0. The van der Waals surface area contributed by atoms with Gasteiger partial charge in [0.25, 0.3) is 0 Å². The molecular formula is C16H25N3O6S. The molecule has 6 N–H and O–H groups in total. The minimum absolute atomic E-state index is 0.0589. The van der Waals surface area contributed by atoms with E-state index in [0.717, 1.165) is 19.3 Å². The molecule has 1 aliphatic heterocycles. The predicted molar refractivity (Wildman–Crippen MR) is 96.1 cm³/mol. The fraction of sp³-hybridized carbons (Fsp3) is 0.562. The molecule has 3 rings (SSSR count). The van der Waals surface area contributed by atoms with E-state index in [1.54, 1.807) is 0 Å². The number of hydrogen-bond donors (Lipinski definition) is 4. The highest BCUT2D eigenvalue weighted by atomic mass is 32.3. The maximum absolute atomic E-state index is 8.74. The molecule has 3 atom stereocenters. The zero-order valence-electron chi connectivity index (χ0n) is 14.3. The van der Waals surface area contributed by atoms with Crippen LogP contribution in [-0.4, -0.2) is 48.5 Å². The molecule has 1 saturated heterocycles. The molecule has 0 bridgehead atoms. The third-order valence-electron chi connectivity index (χ3n) is 4.36. The van der Waals surface area contributed by atoms with Crippen molar-refractivity contribution in [1.29, 1.82) is 0 Å². The van der Waals surface area contributed by atoms with Crippen LogP contribution in [0.4, 0.5) is 0 Å². The molecular weight excluding hydrogens is 362 g/mol. The minimum atomic E-state index is -4.67. The standard InChI is InChI=1S/C16H23N3O2.H2O4S/c17-15(18)19-10-13-11-20-16(21-13)9-5-4-8-14(16)12-6-2-1-3-7-12;1-5(2,3)4/h1-3,6-7,13-14H,4-5,8-11H2,(H4,17,18,19);(H2,1,2,3,4). The third kappa shape index (κ3) is 6.22. The van der Waals surface area contributed by atoms with E-state index in [4.69, 9.17) is 38.5 Å². The Balaban J connectivity index is 0.000000431. The quantitative estimate of drug-likeness (QED) is 0.341. The Labute approximate surface area is 153 Å². The van der Waals surface area contributed by atoms with Gasteiger partial charge in [-0.2, -0.15) is 8.42 Å². The normalized spacial score (nSPS) is 28.2. The second kappa shape index (κ2) is 8.78. The first-order chi connectivity index (χ1) is 12.2. The van der Waals surface area contributed by atoms with Crippen molar-refractivity contribution in [3.05, 3.63) is 35.9 Å². The van der Waals surface area contributed by atoms with E-state index < -0.39 is 16.2 Å². The van der Waals surface area contributed by atoms with Gasteiger partial charge < -0.3 is 20.9 Å². The van der Waals surface area contributed by atoms with Gasteiger partial charge in [-0.05, 0) is 18.4 Å². The molecule has 146 valence electrons. The van der Waals surface area contributed by atoms with Crippen molar-refractivity contribution in [1.82, 2.24) is 0 Å². The molecule has 1 aliphatic carbocycles. The monoisotopic (exact) mass is 387 g/mol. The number of guanidine groups is 1. The van der Waals surface area contributed by atoms with Gasteiger partial charge in [-0.25, -0.2) is 0 Å². The van der Waals surface area contributed by atoms with Crippen LogP contribution in [0.15, 0.2) is 35.3 Å². The summed E-state index contributed by atoms with van der Waals surface area (Å²) in [6, 6.07) is 10.5. The Morgan fingerprint density at radius 2 is 1.88 bits per heavy atom. The van der Waals surface area contributed by atoms with Crippen LogP contribution in [-0.2, 0) is 19.9 Å². The summed E-state index contributed by atoms with van der Waals surface area (Å²) < 4.78 is 44.0. The van der Waals surface area contributed by atoms with E-state index in [1.165, 1.54) is 12.0 Å². The molecule has 1 heterocycles. The molecule has 0 amide bonds. The summed E-state index contributed by atoms with van der Waals surface area (Å²) in [4.78, 5) is 4.05. The van der Waals surface area contributed by atoms with E-state index in [2.05, 4.69) is 29.3 Å². The Hall–Kier alpha value is -1.72. The van der Waals surface area contributed by atoms with Gasteiger partial charge in [-0.15, -0.1) is 0 Å². The lowest BCUT2D eigenvalue weighted by atomic mass is 9.79.